The Labute approximate surface area is 229 Å². The zero-order valence-corrected chi connectivity index (χ0v) is 22.8. The van der Waals surface area contributed by atoms with Crippen LogP contribution in [0.15, 0.2) is 60.8 Å². The first kappa shape index (κ1) is 27.0. The standard InChI is InChI=1S/C32H37FN4O2/c1-21(38)37(2)25-14-8-22(9-15-25)18-31(39)36-30-19-27(26-6-3-4-7-29(26)33)28(20-35-30)23-10-12-24(13-11-23)32(34)16-5-17-32/h3-4,6-7,10-13,19-20,22,25H,5,8-9,14-18,34H2,1-2H3,(H,35,36,39)/t22-,25-. The number of nitrogens with two attached hydrogens (primary N) is 1. The number of benzene rings is 2. The van der Waals surface area contributed by atoms with Crippen LogP contribution in [0, 0.1) is 11.7 Å². The number of nitrogens with zero attached hydrogens (tertiary/aromatic N) is 2. The SMILES string of the molecule is CC(=O)N(C)[C@H]1CC[C@H](CC(=O)Nc2cc(-c3ccccc3F)c(-c3ccc(C4(N)CCC4)cc3)cn2)CC1. The van der Waals surface area contributed by atoms with E-state index in [1.54, 1.807) is 42.3 Å². The molecule has 2 saturated carbocycles. The maximum absolute atomic E-state index is 14.9. The Hall–Kier alpha value is -3.58. The van der Waals surface area contributed by atoms with Crippen molar-refractivity contribution < 1.29 is 14.0 Å². The molecule has 7 heteroatoms. The van der Waals surface area contributed by atoms with Crippen LogP contribution in [0.2, 0.25) is 0 Å². The minimum Gasteiger partial charge on any atom is -0.343 e. The quantitative estimate of drug-likeness (QED) is 0.379. The van der Waals surface area contributed by atoms with Crippen molar-refractivity contribution in [2.24, 2.45) is 11.7 Å². The molecule has 1 aromatic heterocycles. The summed E-state index contributed by atoms with van der Waals surface area (Å²) in [6, 6.07) is 16.8. The maximum Gasteiger partial charge on any atom is 0.225 e. The second kappa shape index (κ2) is 11.3. The molecule has 5 rings (SSSR count). The summed E-state index contributed by atoms with van der Waals surface area (Å²) in [4.78, 5) is 30.9. The molecule has 0 spiro atoms. The maximum atomic E-state index is 14.9. The highest BCUT2D eigenvalue weighted by molar-refractivity contribution is 5.92. The lowest BCUT2D eigenvalue weighted by Gasteiger charge is -2.38. The van der Waals surface area contributed by atoms with Crippen LogP contribution in [0.25, 0.3) is 22.3 Å². The molecule has 2 aromatic carbocycles. The fourth-order valence-electron chi connectivity index (χ4n) is 5.93. The highest BCUT2D eigenvalue weighted by atomic mass is 19.1. The van der Waals surface area contributed by atoms with Gasteiger partial charge >= 0.3 is 0 Å². The van der Waals surface area contributed by atoms with Crippen LogP contribution in [0.5, 0.6) is 0 Å². The van der Waals surface area contributed by atoms with Crippen LogP contribution in [0.1, 0.15) is 63.9 Å². The Morgan fingerprint density at radius 1 is 1.03 bits per heavy atom. The Kier molecular flexibility index (Phi) is 7.80. The van der Waals surface area contributed by atoms with Gasteiger partial charge in [0.05, 0.1) is 0 Å². The molecule has 2 aliphatic rings. The lowest BCUT2D eigenvalue weighted by atomic mass is 9.72. The zero-order valence-electron chi connectivity index (χ0n) is 22.8. The number of nitrogens with one attached hydrogen (secondary N) is 1. The van der Waals surface area contributed by atoms with Crippen LogP contribution in [-0.4, -0.2) is 34.8 Å². The number of hydrogen-bond donors (Lipinski definition) is 2. The molecule has 39 heavy (non-hydrogen) atoms. The number of carbonyl (C=O) groups is 2. The number of carbonyl (C=O) groups excluding carboxylic acids is 2. The molecular formula is C32H37FN4O2. The van der Waals surface area contributed by atoms with Gasteiger partial charge in [-0.2, -0.15) is 0 Å². The van der Waals surface area contributed by atoms with Crippen LogP contribution >= 0.6 is 0 Å². The Morgan fingerprint density at radius 2 is 1.72 bits per heavy atom. The minimum atomic E-state index is -0.332. The van der Waals surface area contributed by atoms with Gasteiger partial charge in [-0.25, -0.2) is 9.37 Å². The monoisotopic (exact) mass is 528 g/mol. The third-order valence-corrected chi connectivity index (χ3v) is 8.69. The smallest absolute Gasteiger partial charge is 0.225 e. The number of pyridine rings is 1. The first-order valence-corrected chi connectivity index (χ1v) is 13.9. The lowest BCUT2D eigenvalue weighted by Crippen LogP contribution is -2.43. The van der Waals surface area contributed by atoms with E-state index in [9.17, 15) is 14.0 Å². The summed E-state index contributed by atoms with van der Waals surface area (Å²) in [6.07, 6.45) is 8.84. The number of hydrogen-bond acceptors (Lipinski definition) is 4. The van der Waals surface area contributed by atoms with Crippen molar-refractivity contribution in [3.63, 3.8) is 0 Å². The van der Waals surface area contributed by atoms with E-state index in [-0.39, 0.29) is 35.1 Å². The molecule has 6 nitrogen and oxygen atoms in total. The van der Waals surface area contributed by atoms with Crippen molar-refractivity contribution in [2.45, 2.75) is 69.9 Å². The Morgan fingerprint density at radius 3 is 2.33 bits per heavy atom. The van der Waals surface area contributed by atoms with Crippen LogP contribution in [0.4, 0.5) is 10.2 Å². The van der Waals surface area contributed by atoms with Gasteiger partial charge in [-0.15, -0.1) is 0 Å². The van der Waals surface area contributed by atoms with E-state index in [0.29, 0.717) is 23.4 Å². The van der Waals surface area contributed by atoms with Gasteiger partial charge in [0.2, 0.25) is 11.8 Å². The Balaban J connectivity index is 1.33. The topological polar surface area (TPSA) is 88.3 Å². The Bertz CT molecular complexity index is 1340. The van der Waals surface area contributed by atoms with Gasteiger partial charge in [0.15, 0.2) is 0 Å². The molecular weight excluding hydrogens is 491 g/mol. The number of amides is 2. The summed E-state index contributed by atoms with van der Waals surface area (Å²) in [5.41, 5.74) is 10.2. The van der Waals surface area contributed by atoms with E-state index >= 15 is 0 Å². The molecule has 2 fully saturated rings. The van der Waals surface area contributed by atoms with Gasteiger partial charge in [0.25, 0.3) is 0 Å². The van der Waals surface area contributed by atoms with Gasteiger partial charge in [-0.3, -0.25) is 9.59 Å². The van der Waals surface area contributed by atoms with Crippen LogP contribution in [0.3, 0.4) is 0 Å². The van der Waals surface area contributed by atoms with Gasteiger partial charge in [-0.1, -0.05) is 42.5 Å². The fourth-order valence-corrected chi connectivity index (χ4v) is 5.93. The molecule has 0 saturated heterocycles. The number of aromatic nitrogens is 1. The molecule has 3 aromatic rings. The molecule has 3 N–H and O–H groups in total. The van der Waals surface area contributed by atoms with Gasteiger partial charge in [0, 0.05) is 49.3 Å². The second-order valence-electron chi connectivity index (χ2n) is 11.2. The lowest BCUT2D eigenvalue weighted by molar-refractivity contribution is -0.130. The van der Waals surface area contributed by atoms with E-state index in [1.807, 2.05) is 19.2 Å². The number of rotatable bonds is 7. The highest BCUT2D eigenvalue weighted by Crippen LogP contribution is 2.40. The number of anilines is 1. The second-order valence-corrected chi connectivity index (χ2v) is 11.2. The average Bonchev–Trinajstić information content (AvgIpc) is 2.92. The molecule has 0 radical (unpaired) electrons. The summed E-state index contributed by atoms with van der Waals surface area (Å²) >= 11 is 0. The zero-order chi connectivity index (χ0) is 27.6. The van der Waals surface area contributed by atoms with E-state index < -0.39 is 0 Å². The summed E-state index contributed by atoms with van der Waals surface area (Å²) in [6.45, 7) is 1.59. The summed E-state index contributed by atoms with van der Waals surface area (Å²) in [5.74, 6) is 0.317. The van der Waals surface area contributed by atoms with Gasteiger partial charge < -0.3 is 16.0 Å². The molecule has 2 aliphatic carbocycles. The predicted molar refractivity (Wildman–Crippen MR) is 152 cm³/mol. The normalized spacial score (nSPS) is 20.1. The molecule has 0 atom stereocenters. The summed E-state index contributed by atoms with van der Waals surface area (Å²) < 4.78 is 14.9. The van der Waals surface area contributed by atoms with E-state index in [1.165, 1.54) is 6.07 Å². The van der Waals surface area contributed by atoms with Gasteiger partial charge in [-0.05, 0) is 79.7 Å². The van der Waals surface area contributed by atoms with Gasteiger partial charge in [0.1, 0.15) is 11.6 Å². The van der Waals surface area contributed by atoms with E-state index in [0.717, 1.165) is 61.6 Å². The first-order chi connectivity index (χ1) is 18.7. The van der Waals surface area contributed by atoms with Crippen molar-refractivity contribution in [3.8, 4) is 22.3 Å². The molecule has 1 heterocycles. The van der Waals surface area contributed by atoms with Crippen molar-refractivity contribution in [3.05, 3.63) is 72.2 Å². The first-order valence-electron chi connectivity index (χ1n) is 13.9. The molecule has 0 bridgehead atoms. The fraction of sp³-hybridized carbons (Fsp3) is 0.406. The third-order valence-electron chi connectivity index (χ3n) is 8.69. The van der Waals surface area contributed by atoms with E-state index in [2.05, 4.69) is 22.4 Å². The third kappa shape index (κ3) is 5.88. The number of halogens is 1. The summed E-state index contributed by atoms with van der Waals surface area (Å²) in [5, 5.41) is 2.94. The van der Waals surface area contributed by atoms with E-state index in [4.69, 9.17) is 5.73 Å². The minimum absolute atomic E-state index is 0.0778. The van der Waals surface area contributed by atoms with Crippen molar-refractivity contribution >= 4 is 17.6 Å². The average molecular weight is 529 g/mol. The molecule has 204 valence electrons. The van der Waals surface area contributed by atoms with Crippen molar-refractivity contribution in [1.82, 2.24) is 9.88 Å². The van der Waals surface area contributed by atoms with Crippen LogP contribution in [-0.2, 0) is 15.1 Å². The molecule has 2 amide bonds. The van der Waals surface area contributed by atoms with Crippen LogP contribution < -0.4 is 11.1 Å². The highest BCUT2D eigenvalue weighted by Gasteiger charge is 2.34. The molecule has 0 aliphatic heterocycles. The van der Waals surface area contributed by atoms with Crippen molar-refractivity contribution in [2.75, 3.05) is 12.4 Å². The predicted octanol–water partition coefficient (Wildman–Crippen LogP) is 6.26. The largest absolute Gasteiger partial charge is 0.343 e. The van der Waals surface area contributed by atoms with Crippen molar-refractivity contribution in [1.29, 1.82) is 0 Å². The summed E-state index contributed by atoms with van der Waals surface area (Å²) in [7, 11) is 1.85. The molecule has 0 unspecified atom stereocenters.